The zero-order chi connectivity index (χ0) is 13.9. The first kappa shape index (κ1) is 15.9. The lowest BCUT2D eigenvalue weighted by Crippen LogP contribution is -3.00. The van der Waals surface area contributed by atoms with Gasteiger partial charge in [0.25, 0.3) is 5.69 Å². The van der Waals surface area contributed by atoms with Crippen LogP contribution in [0.15, 0.2) is 59.5 Å². The van der Waals surface area contributed by atoms with Crippen LogP contribution in [0.5, 0.6) is 0 Å². The number of nitrogens with zero attached hydrogens (tertiary/aromatic N) is 2. The molecule has 1 heterocycles. The van der Waals surface area contributed by atoms with Crippen molar-refractivity contribution in [3.63, 3.8) is 0 Å². The van der Waals surface area contributed by atoms with E-state index in [9.17, 15) is 0 Å². The standard InChI is InChI=1S/C17H16N2S.BrH/c1-19(2)14-10-7-13(8-11-14)9-12-17-18-15-5-3-4-6-16(15)20-17;/h3-12H,1-2H3;1H/q+1;/p-1. The molecule has 1 aliphatic rings. The molecule has 0 aliphatic carbocycles. The van der Waals surface area contributed by atoms with Gasteiger partial charge in [-0.05, 0) is 41.6 Å². The first-order valence-electron chi connectivity index (χ1n) is 6.53. The van der Waals surface area contributed by atoms with Crippen molar-refractivity contribution in [1.82, 2.24) is 4.99 Å². The maximum absolute atomic E-state index is 4.60. The fraction of sp³-hybridized carbons (Fsp3) is 0.118. The van der Waals surface area contributed by atoms with E-state index in [-0.39, 0.29) is 17.0 Å². The van der Waals surface area contributed by atoms with Crippen LogP contribution in [0.3, 0.4) is 0 Å². The fourth-order valence-corrected chi connectivity index (χ4v) is 2.88. The van der Waals surface area contributed by atoms with E-state index >= 15 is 0 Å². The number of hydrogen-bond acceptors (Lipinski definition) is 3. The van der Waals surface area contributed by atoms with Gasteiger partial charge < -0.3 is 21.9 Å². The van der Waals surface area contributed by atoms with E-state index in [2.05, 4.69) is 58.4 Å². The fourth-order valence-electron chi connectivity index (χ4n) is 2.01. The molecule has 2 aromatic rings. The molecule has 1 radical (unpaired) electrons. The number of anilines is 1. The highest BCUT2D eigenvalue weighted by molar-refractivity contribution is 8.14. The van der Waals surface area contributed by atoms with Gasteiger partial charge in [-0.2, -0.15) is 0 Å². The van der Waals surface area contributed by atoms with Crippen LogP contribution in [0, 0.1) is 0 Å². The summed E-state index contributed by atoms with van der Waals surface area (Å²) in [4.78, 5) is 7.93. The SMILES string of the molecule is CN(C)c1ccc(C=CC2=[N+]c3ccccc3S2)cc1.[Br-]. The number of rotatable bonds is 3. The first-order valence-corrected chi connectivity index (χ1v) is 7.35. The van der Waals surface area contributed by atoms with E-state index in [1.807, 2.05) is 26.2 Å². The summed E-state index contributed by atoms with van der Waals surface area (Å²) in [7, 11) is 4.10. The Morgan fingerprint density at radius 1 is 0.952 bits per heavy atom. The van der Waals surface area contributed by atoms with Gasteiger partial charge in [-0.25, -0.2) is 0 Å². The molecule has 0 spiro atoms. The second-order valence-corrected chi connectivity index (χ2v) is 5.90. The van der Waals surface area contributed by atoms with Gasteiger partial charge in [-0.1, -0.05) is 24.3 Å². The largest absolute Gasteiger partial charge is 1.00 e. The molecular formula is C17H16BrN2S. The zero-order valence-corrected chi connectivity index (χ0v) is 14.4. The average Bonchev–Trinajstić information content (AvgIpc) is 2.88. The molecule has 0 N–H and O–H groups in total. The Morgan fingerprint density at radius 3 is 2.33 bits per heavy atom. The van der Waals surface area contributed by atoms with Crippen molar-refractivity contribution >= 4 is 34.3 Å². The van der Waals surface area contributed by atoms with Gasteiger partial charge in [0.15, 0.2) is 0 Å². The lowest BCUT2D eigenvalue weighted by molar-refractivity contribution is -0.00000398. The Morgan fingerprint density at radius 2 is 1.67 bits per heavy atom. The molecule has 0 bridgehead atoms. The maximum atomic E-state index is 4.60. The highest BCUT2D eigenvalue weighted by Crippen LogP contribution is 2.32. The number of fused-ring (bicyclic) bond motifs is 1. The summed E-state index contributed by atoms with van der Waals surface area (Å²) >= 11 is 1.72. The maximum Gasteiger partial charge on any atom is 0.316 e. The summed E-state index contributed by atoms with van der Waals surface area (Å²) in [5, 5.41) is 1.04. The van der Waals surface area contributed by atoms with E-state index in [0.29, 0.717) is 0 Å². The third-order valence-corrected chi connectivity index (χ3v) is 4.14. The monoisotopic (exact) mass is 359 g/mol. The number of thioether (sulfide) groups is 1. The number of para-hydroxylation sites is 1. The molecule has 2 aromatic carbocycles. The van der Waals surface area contributed by atoms with E-state index in [4.69, 9.17) is 0 Å². The van der Waals surface area contributed by atoms with Gasteiger partial charge in [-0.3, -0.25) is 0 Å². The molecule has 107 valence electrons. The summed E-state index contributed by atoms with van der Waals surface area (Å²) in [6.45, 7) is 0. The minimum absolute atomic E-state index is 0. The molecule has 0 atom stereocenters. The van der Waals surface area contributed by atoms with E-state index in [1.165, 1.54) is 16.1 Å². The summed E-state index contributed by atoms with van der Waals surface area (Å²) in [5.41, 5.74) is 3.47. The van der Waals surface area contributed by atoms with E-state index < -0.39 is 0 Å². The first-order chi connectivity index (χ1) is 9.72. The van der Waals surface area contributed by atoms with Gasteiger partial charge >= 0.3 is 5.04 Å². The topological polar surface area (TPSA) is 17.3 Å². The molecule has 3 rings (SSSR count). The predicted octanol–water partition coefficient (Wildman–Crippen LogP) is 0.941. The zero-order valence-electron chi connectivity index (χ0n) is 12.0. The van der Waals surface area contributed by atoms with Gasteiger partial charge in [0.1, 0.15) is 0 Å². The van der Waals surface area contributed by atoms with Crippen molar-refractivity contribution in [1.29, 1.82) is 0 Å². The van der Waals surface area contributed by atoms with Crippen LogP contribution in [-0.2, 0) is 0 Å². The Kier molecular flexibility index (Phi) is 5.26. The van der Waals surface area contributed by atoms with Crippen LogP contribution in [-0.4, -0.2) is 19.1 Å². The minimum Gasteiger partial charge on any atom is -1.00 e. The van der Waals surface area contributed by atoms with Crippen LogP contribution >= 0.6 is 11.8 Å². The van der Waals surface area contributed by atoms with Crippen molar-refractivity contribution in [3.8, 4) is 0 Å². The van der Waals surface area contributed by atoms with Crippen molar-refractivity contribution in [2.75, 3.05) is 19.0 Å². The highest BCUT2D eigenvalue weighted by atomic mass is 79.9. The summed E-state index contributed by atoms with van der Waals surface area (Å²) in [6.07, 6.45) is 4.19. The van der Waals surface area contributed by atoms with E-state index in [1.54, 1.807) is 11.8 Å². The molecule has 0 unspecified atom stereocenters. The molecule has 0 amide bonds. The summed E-state index contributed by atoms with van der Waals surface area (Å²) < 4.78 is 0. The highest BCUT2D eigenvalue weighted by Gasteiger charge is 2.25. The van der Waals surface area contributed by atoms with Crippen LogP contribution < -0.4 is 26.9 Å². The Hall–Kier alpha value is -1.52. The second kappa shape index (κ2) is 6.96. The molecule has 4 heteroatoms. The normalized spacial score (nSPS) is 12.8. The number of aliphatic imine (C=N–C) groups is 1. The third-order valence-electron chi connectivity index (χ3n) is 3.14. The lowest BCUT2D eigenvalue weighted by Gasteiger charge is -2.11. The van der Waals surface area contributed by atoms with Crippen LogP contribution in [0.25, 0.3) is 6.08 Å². The molecule has 0 saturated carbocycles. The smallest absolute Gasteiger partial charge is 0.316 e. The van der Waals surface area contributed by atoms with Gasteiger partial charge in [-0.15, -0.1) is 0 Å². The van der Waals surface area contributed by atoms with Gasteiger partial charge in [0.05, 0.1) is 9.89 Å². The molecule has 1 aliphatic heterocycles. The van der Waals surface area contributed by atoms with Crippen molar-refractivity contribution in [2.45, 2.75) is 4.90 Å². The Bertz CT molecular complexity index is 675. The third kappa shape index (κ3) is 3.77. The van der Waals surface area contributed by atoms with Crippen LogP contribution in [0.1, 0.15) is 5.56 Å². The summed E-state index contributed by atoms with van der Waals surface area (Å²) in [5.74, 6) is 0. The molecular weight excluding hydrogens is 344 g/mol. The van der Waals surface area contributed by atoms with Crippen LogP contribution in [0.2, 0.25) is 0 Å². The molecule has 0 fully saturated rings. The summed E-state index contributed by atoms with van der Waals surface area (Å²) in [6, 6.07) is 16.7. The van der Waals surface area contributed by atoms with Gasteiger partial charge in [0, 0.05) is 31.9 Å². The number of halogens is 1. The quantitative estimate of drug-likeness (QED) is 0.811. The van der Waals surface area contributed by atoms with Crippen molar-refractivity contribution in [2.24, 2.45) is 0 Å². The molecule has 0 saturated heterocycles. The molecule has 2 nitrogen and oxygen atoms in total. The van der Waals surface area contributed by atoms with Crippen molar-refractivity contribution < 1.29 is 17.0 Å². The number of benzene rings is 2. The predicted molar refractivity (Wildman–Crippen MR) is 88.9 cm³/mol. The van der Waals surface area contributed by atoms with Crippen LogP contribution in [0.4, 0.5) is 11.4 Å². The van der Waals surface area contributed by atoms with Crippen molar-refractivity contribution in [3.05, 3.63) is 60.2 Å². The minimum atomic E-state index is 0. The average molecular weight is 360 g/mol. The second-order valence-electron chi connectivity index (χ2n) is 4.84. The molecule has 21 heavy (non-hydrogen) atoms. The van der Waals surface area contributed by atoms with Gasteiger partial charge in [0.2, 0.25) is 0 Å². The lowest BCUT2D eigenvalue weighted by atomic mass is 10.2. The Labute approximate surface area is 140 Å². The molecule has 0 aromatic heterocycles. The Balaban J connectivity index is 0.00000161. The number of hydrogen-bond donors (Lipinski definition) is 0. The van der Waals surface area contributed by atoms with E-state index in [0.717, 1.165) is 10.7 Å².